The van der Waals surface area contributed by atoms with Crippen LogP contribution >= 0.6 is 0 Å². The fraction of sp³-hybridized carbons (Fsp3) is 0.444. The number of hydrogen-bond donors (Lipinski definition) is 1. The lowest BCUT2D eigenvalue weighted by molar-refractivity contribution is -0.129. The SMILES string of the molecule is Cn1ccnc1CCNC(=O)C1(c2ccc(S(C)(=O)=O)cc2)CCC1. The Morgan fingerprint density at radius 1 is 1.28 bits per heavy atom. The van der Waals surface area contributed by atoms with E-state index in [1.807, 2.05) is 17.8 Å². The maximum atomic E-state index is 12.8. The number of benzene rings is 1. The van der Waals surface area contributed by atoms with Gasteiger partial charge in [0.15, 0.2) is 9.84 Å². The highest BCUT2D eigenvalue weighted by Crippen LogP contribution is 2.44. The first-order valence-corrected chi connectivity index (χ1v) is 10.3. The number of carbonyl (C=O) groups excluding carboxylic acids is 1. The molecule has 0 atom stereocenters. The van der Waals surface area contributed by atoms with Gasteiger partial charge in [-0.05, 0) is 30.5 Å². The molecule has 0 saturated heterocycles. The monoisotopic (exact) mass is 361 g/mol. The minimum atomic E-state index is -3.23. The van der Waals surface area contributed by atoms with Crippen molar-refractivity contribution < 1.29 is 13.2 Å². The summed E-state index contributed by atoms with van der Waals surface area (Å²) in [7, 11) is -1.30. The van der Waals surface area contributed by atoms with Gasteiger partial charge in [0.25, 0.3) is 0 Å². The van der Waals surface area contributed by atoms with Crippen LogP contribution in [-0.4, -0.2) is 36.7 Å². The summed E-state index contributed by atoms with van der Waals surface area (Å²) in [5.74, 6) is 0.945. The molecule has 0 radical (unpaired) electrons. The number of nitrogens with one attached hydrogen (secondary N) is 1. The van der Waals surface area contributed by atoms with Crippen molar-refractivity contribution >= 4 is 15.7 Å². The summed E-state index contributed by atoms with van der Waals surface area (Å²) in [5, 5.41) is 3.02. The van der Waals surface area contributed by atoms with Crippen LogP contribution in [0.2, 0.25) is 0 Å². The molecule has 1 saturated carbocycles. The molecule has 0 unspecified atom stereocenters. The Kier molecular flexibility index (Phi) is 4.69. The summed E-state index contributed by atoms with van der Waals surface area (Å²) in [6.07, 6.45) is 8.07. The predicted octanol–water partition coefficient (Wildman–Crippen LogP) is 1.60. The molecule has 0 spiro atoms. The molecule has 1 N–H and O–H groups in total. The van der Waals surface area contributed by atoms with Crippen molar-refractivity contribution in [1.82, 2.24) is 14.9 Å². The molecule has 0 aliphatic heterocycles. The second-order valence-corrected chi connectivity index (χ2v) is 8.71. The highest BCUT2D eigenvalue weighted by atomic mass is 32.2. The summed E-state index contributed by atoms with van der Waals surface area (Å²) < 4.78 is 25.2. The number of imidazole rings is 1. The summed E-state index contributed by atoms with van der Waals surface area (Å²) in [5.41, 5.74) is 0.359. The molecule has 1 aliphatic rings. The molecule has 134 valence electrons. The van der Waals surface area contributed by atoms with Gasteiger partial charge in [0.05, 0.1) is 10.3 Å². The number of aromatic nitrogens is 2. The van der Waals surface area contributed by atoms with Crippen molar-refractivity contribution in [3.05, 3.63) is 48.0 Å². The molecule has 7 heteroatoms. The minimum Gasteiger partial charge on any atom is -0.355 e. The van der Waals surface area contributed by atoms with Crippen molar-refractivity contribution in [2.24, 2.45) is 7.05 Å². The Morgan fingerprint density at radius 2 is 1.96 bits per heavy atom. The van der Waals surface area contributed by atoms with Gasteiger partial charge in [0, 0.05) is 38.7 Å². The number of nitrogens with zero attached hydrogens (tertiary/aromatic N) is 2. The molecule has 25 heavy (non-hydrogen) atoms. The summed E-state index contributed by atoms with van der Waals surface area (Å²) in [6, 6.07) is 6.72. The number of rotatable bonds is 6. The predicted molar refractivity (Wildman–Crippen MR) is 95.0 cm³/mol. The average Bonchev–Trinajstić information content (AvgIpc) is 2.91. The molecule has 0 bridgehead atoms. The van der Waals surface area contributed by atoms with Crippen LogP contribution in [0.15, 0.2) is 41.6 Å². The van der Waals surface area contributed by atoms with E-state index >= 15 is 0 Å². The molecule has 1 fully saturated rings. The van der Waals surface area contributed by atoms with Crippen molar-refractivity contribution in [2.75, 3.05) is 12.8 Å². The fourth-order valence-corrected chi connectivity index (χ4v) is 3.92. The Morgan fingerprint density at radius 3 is 2.44 bits per heavy atom. The standard InChI is InChI=1S/C18H23N3O3S/c1-21-13-12-19-16(21)8-11-20-17(22)18(9-3-10-18)14-4-6-15(7-5-14)25(2,23)24/h4-7,12-13H,3,8-11H2,1-2H3,(H,20,22). The van der Waals surface area contributed by atoms with Gasteiger partial charge in [0.1, 0.15) is 5.82 Å². The second-order valence-electron chi connectivity index (χ2n) is 6.69. The highest BCUT2D eigenvalue weighted by Gasteiger charge is 2.45. The summed E-state index contributed by atoms with van der Waals surface area (Å²) >= 11 is 0. The van der Waals surface area contributed by atoms with E-state index < -0.39 is 15.3 Å². The third-order valence-corrected chi connectivity index (χ3v) is 6.16. The van der Waals surface area contributed by atoms with Crippen LogP contribution in [0, 0.1) is 0 Å². The van der Waals surface area contributed by atoms with Crippen LogP contribution in [-0.2, 0) is 33.5 Å². The van der Waals surface area contributed by atoms with Gasteiger partial charge in [-0.25, -0.2) is 13.4 Å². The Hall–Kier alpha value is -2.15. The molecule has 3 rings (SSSR count). The van der Waals surface area contributed by atoms with Gasteiger partial charge >= 0.3 is 0 Å². The van der Waals surface area contributed by atoms with Crippen LogP contribution < -0.4 is 5.32 Å². The van der Waals surface area contributed by atoms with E-state index in [1.54, 1.807) is 30.5 Å². The zero-order valence-corrected chi connectivity index (χ0v) is 15.3. The van der Waals surface area contributed by atoms with E-state index in [0.717, 1.165) is 30.7 Å². The largest absolute Gasteiger partial charge is 0.355 e. The lowest BCUT2D eigenvalue weighted by Gasteiger charge is -2.40. The van der Waals surface area contributed by atoms with Crippen LogP contribution in [0.5, 0.6) is 0 Å². The average molecular weight is 361 g/mol. The number of hydrogen-bond acceptors (Lipinski definition) is 4. The van der Waals surface area contributed by atoms with E-state index in [4.69, 9.17) is 0 Å². The molecule has 1 heterocycles. The van der Waals surface area contributed by atoms with Crippen LogP contribution in [0.25, 0.3) is 0 Å². The molecule has 1 aromatic carbocycles. The highest BCUT2D eigenvalue weighted by molar-refractivity contribution is 7.90. The summed E-state index contributed by atoms with van der Waals surface area (Å²) in [4.78, 5) is 17.3. The first kappa shape index (κ1) is 17.7. The topological polar surface area (TPSA) is 81.1 Å². The number of carbonyl (C=O) groups is 1. The van der Waals surface area contributed by atoms with Gasteiger partial charge in [-0.1, -0.05) is 18.6 Å². The number of sulfone groups is 1. The first-order chi connectivity index (χ1) is 11.8. The van der Waals surface area contributed by atoms with Gasteiger partial charge in [0.2, 0.25) is 5.91 Å². The van der Waals surface area contributed by atoms with E-state index in [0.29, 0.717) is 13.0 Å². The van der Waals surface area contributed by atoms with Gasteiger partial charge in [-0.2, -0.15) is 0 Å². The third-order valence-electron chi connectivity index (χ3n) is 5.03. The zero-order chi connectivity index (χ0) is 18.1. The van der Waals surface area contributed by atoms with Crippen LogP contribution in [0.4, 0.5) is 0 Å². The van der Waals surface area contributed by atoms with E-state index in [1.165, 1.54) is 6.26 Å². The summed E-state index contributed by atoms with van der Waals surface area (Å²) in [6.45, 7) is 0.535. The van der Waals surface area contributed by atoms with Gasteiger partial charge in [-0.3, -0.25) is 4.79 Å². The Bertz CT molecular complexity index is 865. The van der Waals surface area contributed by atoms with E-state index in [9.17, 15) is 13.2 Å². The lowest BCUT2D eigenvalue weighted by atomic mass is 9.64. The van der Waals surface area contributed by atoms with Crippen LogP contribution in [0.3, 0.4) is 0 Å². The van der Waals surface area contributed by atoms with Crippen molar-refractivity contribution in [3.63, 3.8) is 0 Å². The minimum absolute atomic E-state index is 0.0139. The van der Waals surface area contributed by atoms with Gasteiger partial charge < -0.3 is 9.88 Å². The van der Waals surface area contributed by atoms with Crippen molar-refractivity contribution in [3.8, 4) is 0 Å². The third kappa shape index (κ3) is 3.46. The Balaban J connectivity index is 1.69. The fourth-order valence-electron chi connectivity index (χ4n) is 3.29. The molecule has 1 aromatic heterocycles. The van der Waals surface area contributed by atoms with E-state index in [-0.39, 0.29) is 10.8 Å². The molecular formula is C18H23N3O3S. The van der Waals surface area contributed by atoms with Crippen LogP contribution in [0.1, 0.15) is 30.7 Å². The zero-order valence-electron chi connectivity index (χ0n) is 14.5. The normalized spacial score (nSPS) is 16.2. The quantitative estimate of drug-likeness (QED) is 0.847. The van der Waals surface area contributed by atoms with Crippen molar-refractivity contribution in [1.29, 1.82) is 0 Å². The first-order valence-electron chi connectivity index (χ1n) is 8.38. The number of amides is 1. The van der Waals surface area contributed by atoms with Crippen molar-refractivity contribution in [2.45, 2.75) is 36.0 Å². The molecule has 1 amide bonds. The Labute approximate surface area is 148 Å². The second kappa shape index (κ2) is 6.63. The maximum Gasteiger partial charge on any atom is 0.230 e. The molecule has 2 aromatic rings. The van der Waals surface area contributed by atoms with E-state index in [2.05, 4.69) is 10.3 Å². The van der Waals surface area contributed by atoms with Gasteiger partial charge in [-0.15, -0.1) is 0 Å². The number of aryl methyl sites for hydroxylation is 1. The maximum absolute atomic E-state index is 12.8. The molecular weight excluding hydrogens is 338 g/mol. The molecule has 1 aliphatic carbocycles. The molecule has 6 nitrogen and oxygen atoms in total. The lowest BCUT2D eigenvalue weighted by Crippen LogP contribution is -2.49. The smallest absolute Gasteiger partial charge is 0.230 e.